The van der Waals surface area contributed by atoms with Crippen molar-refractivity contribution in [3.63, 3.8) is 0 Å². The highest BCUT2D eigenvalue weighted by molar-refractivity contribution is 7.25. The Morgan fingerprint density at radius 2 is 0.860 bits per heavy atom. The van der Waals surface area contributed by atoms with Crippen LogP contribution in [0, 0.1) is 0 Å². The third-order valence-electron chi connectivity index (χ3n) is 8.84. The molecular formula is C42H26S. The highest BCUT2D eigenvalue weighted by atomic mass is 32.1. The third kappa shape index (κ3) is 3.75. The second-order valence-electron chi connectivity index (χ2n) is 11.2. The molecule has 0 radical (unpaired) electrons. The molecule has 9 aromatic rings. The van der Waals surface area contributed by atoms with Crippen molar-refractivity contribution in [1.29, 1.82) is 0 Å². The van der Waals surface area contributed by atoms with E-state index in [1.165, 1.54) is 85.9 Å². The summed E-state index contributed by atoms with van der Waals surface area (Å²) in [6.07, 6.45) is 0. The molecule has 0 aliphatic carbocycles. The first kappa shape index (κ1) is 24.4. The van der Waals surface area contributed by atoms with Gasteiger partial charge in [0.05, 0.1) is 0 Å². The zero-order valence-corrected chi connectivity index (χ0v) is 24.2. The Morgan fingerprint density at radius 1 is 0.326 bits per heavy atom. The summed E-state index contributed by atoms with van der Waals surface area (Å²) >= 11 is 1.88. The molecule has 0 amide bonds. The Labute approximate surface area is 254 Å². The zero-order chi connectivity index (χ0) is 28.3. The summed E-state index contributed by atoms with van der Waals surface area (Å²) in [6.45, 7) is 0. The topological polar surface area (TPSA) is 0 Å². The predicted molar refractivity (Wildman–Crippen MR) is 188 cm³/mol. The molecule has 0 atom stereocenters. The number of fused-ring (bicyclic) bond motifs is 6. The molecule has 1 heterocycles. The van der Waals surface area contributed by atoms with Crippen LogP contribution in [0.2, 0.25) is 0 Å². The molecule has 0 fully saturated rings. The highest BCUT2D eigenvalue weighted by Crippen LogP contribution is 2.47. The zero-order valence-electron chi connectivity index (χ0n) is 23.4. The summed E-state index contributed by atoms with van der Waals surface area (Å²) < 4.78 is 2.66. The van der Waals surface area contributed by atoms with Crippen LogP contribution in [0.1, 0.15) is 0 Å². The van der Waals surface area contributed by atoms with Gasteiger partial charge in [-0.1, -0.05) is 133 Å². The molecule has 0 saturated heterocycles. The molecule has 0 spiro atoms. The number of rotatable bonds is 3. The van der Waals surface area contributed by atoms with Gasteiger partial charge >= 0.3 is 0 Å². The van der Waals surface area contributed by atoms with Crippen LogP contribution in [0.4, 0.5) is 0 Å². The van der Waals surface area contributed by atoms with Crippen molar-refractivity contribution in [3.8, 4) is 33.4 Å². The predicted octanol–water partition coefficient (Wildman–Crippen LogP) is 12.5. The van der Waals surface area contributed by atoms with Crippen molar-refractivity contribution < 1.29 is 0 Å². The smallest absolute Gasteiger partial charge is 0.0361 e. The van der Waals surface area contributed by atoms with Gasteiger partial charge in [-0.05, 0) is 90.0 Å². The van der Waals surface area contributed by atoms with Crippen molar-refractivity contribution in [2.75, 3.05) is 0 Å². The molecule has 43 heavy (non-hydrogen) atoms. The first-order chi connectivity index (χ1) is 21.3. The summed E-state index contributed by atoms with van der Waals surface area (Å²) in [5.41, 5.74) is 7.66. The second-order valence-corrected chi connectivity index (χ2v) is 12.3. The lowest BCUT2D eigenvalue weighted by Crippen LogP contribution is -1.92. The minimum Gasteiger partial charge on any atom is -0.135 e. The fourth-order valence-electron chi connectivity index (χ4n) is 7.03. The molecule has 1 aromatic heterocycles. The fourth-order valence-corrected chi connectivity index (χ4v) is 8.16. The van der Waals surface area contributed by atoms with Gasteiger partial charge in [-0.15, -0.1) is 11.3 Å². The maximum Gasteiger partial charge on any atom is 0.0361 e. The first-order valence-electron chi connectivity index (χ1n) is 14.8. The van der Waals surface area contributed by atoms with E-state index in [4.69, 9.17) is 0 Å². The number of benzene rings is 8. The van der Waals surface area contributed by atoms with E-state index in [0.717, 1.165) is 0 Å². The van der Waals surface area contributed by atoms with E-state index in [1.807, 2.05) is 11.3 Å². The average Bonchev–Trinajstić information content (AvgIpc) is 3.46. The molecule has 0 bridgehead atoms. The van der Waals surface area contributed by atoms with E-state index < -0.39 is 0 Å². The molecule has 8 aromatic carbocycles. The van der Waals surface area contributed by atoms with Gasteiger partial charge in [0, 0.05) is 20.2 Å². The molecular weight excluding hydrogens is 537 g/mol. The van der Waals surface area contributed by atoms with Crippen LogP contribution in [0.15, 0.2) is 158 Å². The SMILES string of the molecule is c1ccc(-c2c3ccccc3c(-c3cc(-c4cccc5sc6ccccc6c45)c4ccccc4c3)c3ccccc23)cc1. The first-order valence-corrected chi connectivity index (χ1v) is 15.6. The Morgan fingerprint density at radius 3 is 1.56 bits per heavy atom. The normalized spacial score (nSPS) is 11.7. The van der Waals surface area contributed by atoms with Gasteiger partial charge in [-0.2, -0.15) is 0 Å². The molecule has 0 unspecified atom stereocenters. The van der Waals surface area contributed by atoms with E-state index in [-0.39, 0.29) is 0 Å². The van der Waals surface area contributed by atoms with Gasteiger partial charge in [0.1, 0.15) is 0 Å². The minimum absolute atomic E-state index is 1.25. The lowest BCUT2D eigenvalue weighted by Gasteiger charge is -2.19. The number of hydrogen-bond donors (Lipinski definition) is 0. The Balaban J connectivity index is 1.42. The maximum absolute atomic E-state index is 2.44. The van der Waals surface area contributed by atoms with E-state index in [9.17, 15) is 0 Å². The molecule has 9 rings (SSSR count). The molecule has 0 aliphatic rings. The van der Waals surface area contributed by atoms with Crippen molar-refractivity contribution in [2.45, 2.75) is 0 Å². The van der Waals surface area contributed by atoms with Gasteiger partial charge in [0.25, 0.3) is 0 Å². The summed E-state index contributed by atoms with van der Waals surface area (Å²) in [4.78, 5) is 0. The molecule has 1 heteroatoms. The Kier molecular flexibility index (Phi) is 5.47. The Hall–Kier alpha value is -5.24. The average molecular weight is 563 g/mol. The van der Waals surface area contributed by atoms with E-state index in [2.05, 4.69) is 158 Å². The quantitative estimate of drug-likeness (QED) is 0.188. The summed E-state index contributed by atoms with van der Waals surface area (Å²) in [5, 5.41) is 10.3. The molecule has 0 N–H and O–H groups in total. The van der Waals surface area contributed by atoms with Gasteiger partial charge in [0.2, 0.25) is 0 Å². The fraction of sp³-hybridized carbons (Fsp3) is 0. The molecule has 0 aliphatic heterocycles. The lowest BCUT2D eigenvalue weighted by atomic mass is 9.84. The standard InChI is InChI=1S/C42H26S/c1-2-13-27(14-3-1)40-31-17-6-8-19-33(31)41(34-20-9-7-18-32(34)40)29-25-28-15-4-5-16-30(28)37(26-29)35-22-12-24-39-42(35)36-21-10-11-23-38(36)43-39/h1-26H. The lowest BCUT2D eigenvalue weighted by molar-refractivity contribution is 1.66. The maximum atomic E-state index is 2.44. The minimum atomic E-state index is 1.25. The van der Waals surface area contributed by atoms with E-state index >= 15 is 0 Å². The summed E-state index contributed by atoms with van der Waals surface area (Å²) in [5.74, 6) is 0. The van der Waals surface area contributed by atoms with Gasteiger partial charge in [0.15, 0.2) is 0 Å². The Bertz CT molecular complexity index is 2440. The van der Waals surface area contributed by atoms with Crippen LogP contribution in [0.25, 0.3) is 85.9 Å². The van der Waals surface area contributed by atoms with Gasteiger partial charge < -0.3 is 0 Å². The van der Waals surface area contributed by atoms with Crippen LogP contribution in [0.3, 0.4) is 0 Å². The van der Waals surface area contributed by atoms with Gasteiger partial charge in [-0.25, -0.2) is 0 Å². The summed E-state index contributed by atoms with van der Waals surface area (Å²) in [7, 11) is 0. The number of hydrogen-bond acceptors (Lipinski definition) is 1. The van der Waals surface area contributed by atoms with Gasteiger partial charge in [-0.3, -0.25) is 0 Å². The van der Waals surface area contributed by atoms with E-state index in [1.54, 1.807) is 0 Å². The van der Waals surface area contributed by atoms with Crippen molar-refractivity contribution >= 4 is 63.8 Å². The largest absolute Gasteiger partial charge is 0.135 e. The third-order valence-corrected chi connectivity index (χ3v) is 9.97. The molecule has 0 nitrogen and oxygen atoms in total. The monoisotopic (exact) mass is 562 g/mol. The molecule has 0 saturated carbocycles. The van der Waals surface area contributed by atoms with Crippen molar-refractivity contribution in [2.24, 2.45) is 0 Å². The van der Waals surface area contributed by atoms with Crippen LogP contribution in [0.5, 0.6) is 0 Å². The number of thiophene rings is 1. The van der Waals surface area contributed by atoms with Crippen molar-refractivity contribution in [3.05, 3.63) is 158 Å². The van der Waals surface area contributed by atoms with Crippen LogP contribution < -0.4 is 0 Å². The van der Waals surface area contributed by atoms with Crippen molar-refractivity contribution in [1.82, 2.24) is 0 Å². The van der Waals surface area contributed by atoms with Crippen LogP contribution >= 0.6 is 11.3 Å². The van der Waals surface area contributed by atoms with Crippen LogP contribution in [-0.2, 0) is 0 Å². The van der Waals surface area contributed by atoms with Crippen LogP contribution in [-0.4, -0.2) is 0 Å². The highest BCUT2D eigenvalue weighted by Gasteiger charge is 2.19. The second kappa shape index (κ2) is 9.66. The molecule has 200 valence electrons. The summed E-state index contributed by atoms with van der Waals surface area (Å²) in [6, 6.07) is 58.0. The van der Waals surface area contributed by atoms with E-state index in [0.29, 0.717) is 0 Å².